The van der Waals surface area contributed by atoms with E-state index in [-0.39, 0.29) is 5.91 Å². The quantitative estimate of drug-likeness (QED) is 0.647. The summed E-state index contributed by atoms with van der Waals surface area (Å²) in [5.41, 5.74) is 0.962. The third-order valence-corrected chi connectivity index (χ3v) is 2.41. The number of amides is 1. The van der Waals surface area contributed by atoms with Crippen molar-refractivity contribution in [2.75, 3.05) is 0 Å². The average Bonchev–Trinajstić information content (AvgIpc) is 2.25. The maximum atomic E-state index is 11.6. The van der Waals surface area contributed by atoms with E-state index in [1.807, 2.05) is 20.8 Å². The van der Waals surface area contributed by atoms with Crippen molar-refractivity contribution in [2.45, 2.75) is 27.3 Å². The maximum Gasteiger partial charge on any atom is 0.488 e. The van der Waals surface area contributed by atoms with Crippen LogP contribution in [-0.2, 0) is 11.3 Å². The highest BCUT2D eigenvalue weighted by Crippen LogP contribution is 2.12. The summed E-state index contributed by atoms with van der Waals surface area (Å²) >= 11 is 0. The van der Waals surface area contributed by atoms with Crippen LogP contribution in [0.4, 0.5) is 0 Å². The first-order chi connectivity index (χ1) is 7.80. The zero-order chi connectivity index (χ0) is 13.1. The Morgan fingerprint density at radius 2 is 1.76 bits per heavy atom. The predicted octanol–water partition coefficient (Wildman–Crippen LogP) is 0.0287. The lowest BCUT2D eigenvalue weighted by Crippen LogP contribution is -2.34. The number of nitrogens with one attached hydrogen (secondary N) is 1. The van der Waals surface area contributed by atoms with Gasteiger partial charge in [0.05, 0.1) is 0 Å². The van der Waals surface area contributed by atoms with Gasteiger partial charge in [-0.1, -0.05) is 45.0 Å². The molecule has 0 radical (unpaired) electrons. The second-order valence-corrected chi connectivity index (χ2v) is 5.05. The Kier molecular flexibility index (Phi) is 4.31. The second kappa shape index (κ2) is 5.34. The molecule has 0 unspecified atom stereocenters. The molecule has 1 amide bonds. The van der Waals surface area contributed by atoms with Gasteiger partial charge in [0.2, 0.25) is 5.91 Å². The minimum absolute atomic E-state index is 0.0104. The van der Waals surface area contributed by atoms with Crippen molar-refractivity contribution in [3.63, 3.8) is 0 Å². The first kappa shape index (κ1) is 13.7. The summed E-state index contributed by atoms with van der Waals surface area (Å²) in [5, 5.41) is 20.7. The summed E-state index contributed by atoms with van der Waals surface area (Å²) in [6, 6.07) is 6.78. The maximum absolute atomic E-state index is 11.6. The largest absolute Gasteiger partial charge is 0.488 e. The molecule has 0 aromatic heterocycles. The number of carbonyl (C=O) groups is 1. The van der Waals surface area contributed by atoms with E-state index in [9.17, 15) is 4.79 Å². The number of carbonyl (C=O) groups excluding carboxylic acids is 1. The van der Waals surface area contributed by atoms with Crippen molar-refractivity contribution in [2.24, 2.45) is 5.41 Å². The predicted molar refractivity (Wildman–Crippen MR) is 67.6 cm³/mol. The molecular formula is C12H18BNO3. The van der Waals surface area contributed by atoms with Crippen LogP contribution in [-0.4, -0.2) is 23.1 Å². The van der Waals surface area contributed by atoms with E-state index in [0.29, 0.717) is 12.0 Å². The third-order valence-electron chi connectivity index (χ3n) is 2.41. The van der Waals surface area contributed by atoms with Crippen molar-refractivity contribution in [3.8, 4) is 0 Å². The van der Waals surface area contributed by atoms with Crippen LogP contribution in [0.15, 0.2) is 24.3 Å². The van der Waals surface area contributed by atoms with Gasteiger partial charge in [0, 0.05) is 12.0 Å². The van der Waals surface area contributed by atoms with Crippen LogP contribution in [0.25, 0.3) is 0 Å². The normalized spacial score (nSPS) is 11.1. The molecule has 0 saturated carbocycles. The smallest absolute Gasteiger partial charge is 0.423 e. The van der Waals surface area contributed by atoms with E-state index in [0.717, 1.165) is 5.56 Å². The molecule has 1 rings (SSSR count). The molecule has 0 heterocycles. The van der Waals surface area contributed by atoms with Crippen LogP contribution in [0, 0.1) is 5.41 Å². The fraction of sp³-hybridized carbons (Fsp3) is 0.417. The lowest BCUT2D eigenvalue weighted by atomic mass is 9.80. The number of benzene rings is 1. The first-order valence-electron chi connectivity index (χ1n) is 5.54. The summed E-state index contributed by atoms with van der Waals surface area (Å²) in [6.07, 6.45) is 0. The molecule has 0 bridgehead atoms. The molecule has 92 valence electrons. The number of hydrogen-bond donors (Lipinski definition) is 3. The van der Waals surface area contributed by atoms with Gasteiger partial charge in [-0.15, -0.1) is 0 Å². The molecular weight excluding hydrogens is 217 g/mol. The molecule has 1 aromatic rings. The molecule has 0 atom stereocenters. The van der Waals surface area contributed by atoms with E-state index in [1.54, 1.807) is 24.3 Å². The summed E-state index contributed by atoms with van der Waals surface area (Å²) in [6.45, 7) is 6.01. The zero-order valence-corrected chi connectivity index (χ0v) is 10.4. The molecule has 0 aliphatic heterocycles. The first-order valence-corrected chi connectivity index (χ1v) is 5.54. The standard InChI is InChI=1S/C12H18BNO3/c1-12(2,3)11(15)14-8-9-4-6-10(7-5-9)13(16)17/h4-7,16-17H,8H2,1-3H3,(H,14,15). The summed E-state index contributed by atoms with van der Waals surface area (Å²) in [5.74, 6) is -0.0104. The highest BCUT2D eigenvalue weighted by molar-refractivity contribution is 6.58. The van der Waals surface area contributed by atoms with Gasteiger partial charge >= 0.3 is 7.12 Å². The minimum atomic E-state index is -1.45. The Balaban J connectivity index is 2.56. The van der Waals surface area contributed by atoms with Gasteiger partial charge in [-0.2, -0.15) is 0 Å². The van der Waals surface area contributed by atoms with E-state index in [1.165, 1.54) is 0 Å². The Bertz CT molecular complexity index is 382. The van der Waals surface area contributed by atoms with Crippen LogP contribution < -0.4 is 10.8 Å². The number of hydrogen-bond acceptors (Lipinski definition) is 3. The summed E-state index contributed by atoms with van der Waals surface area (Å²) in [7, 11) is -1.45. The molecule has 0 saturated heterocycles. The molecule has 0 fully saturated rings. The van der Waals surface area contributed by atoms with E-state index >= 15 is 0 Å². The fourth-order valence-electron chi connectivity index (χ4n) is 1.26. The lowest BCUT2D eigenvalue weighted by molar-refractivity contribution is -0.128. The van der Waals surface area contributed by atoms with Gasteiger partial charge in [0.25, 0.3) is 0 Å². The SMILES string of the molecule is CC(C)(C)C(=O)NCc1ccc(B(O)O)cc1. The van der Waals surface area contributed by atoms with E-state index in [4.69, 9.17) is 10.0 Å². The molecule has 1 aromatic carbocycles. The van der Waals surface area contributed by atoms with Crippen molar-refractivity contribution in [1.82, 2.24) is 5.32 Å². The summed E-state index contributed by atoms with van der Waals surface area (Å²) in [4.78, 5) is 11.6. The van der Waals surface area contributed by atoms with Crippen LogP contribution in [0.1, 0.15) is 26.3 Å². The van der Waals surface area contributed by atoms with Crippen LogP contribution in [0.3, 0.4) is 0 Å². The van der Waals surface area contributed by atoms with E-state index in [2.05, 4.69) is 5.32 Å². The Labute approximate surface area is 102 Å². The topological polar surface area (TPSA) is 69.6 Å². The van der Waals surface area contributed by atoms with Gasteiger partial charge in [0.1, 0.15) is 0 Å². The average molecular weight is 235 g/mol. The summed E-state index contributed by atoms with van der Waals surface area (Å²) < 4.78 is 0. The fourth-order valence-corrected chi connectivity index (χ4v) is 1.26. The Morgan fingerprint density at radius 1 is 1.24 bits per heavy atom. The highest BCUT2D eigenvalue weighted by atomic mass is 16.4. The van der Waals surface area contributed by atoms with Gasteiger partial charge in [-0.25, -0.2) is 0 Å². The van der Waals surface area contributed by atoms with Crippen molar-refractivity contribution in [3.05, 3.63) is 29.8 Å². The number of rotatable bonds is 3. The molecule has 4 nitrogen and oxygen atoms in total. The van der Waals surface area contributed by atoms with Crippen molar-refractivity contribution >= 4 is 18.5 Å². The highest BCUT2D eigenvalue weighted by Gasteiger charge is 2.20. The van der Waals surface area contributed by atoms with Gasteiger partial charge in [-0.05, 0) is 11.0 Å². The van der Waals surface area contributed by atoms with Crippen LogP contribution in [0.2, 0.25) is 0 Å². The third kappa shape index (κ3) is 4.21. The lowest BCUT2D eigenvalue weighted by Gasteiger charge is -2.17. The molecule has 0 spiro atoms. The second-order valence-electron chi connectivity index (χ2n) is 5.05. The van der Waals surface area contributed by atoms with Gasteiger partial charge in [0.15, 0.2) is 0 Å². The van der Waals surface area contributed by atoms with Crippen molar-refractivity contribution < 1.29 is 14.8 Å². The zero-order valence-electron chi connectivity index (χ0n) is 10.4. The Hall–Kier alpha value is -1.33. The monoisotopic (exact) mass is 235 g/mol. The van der Waals surface area contributed by atoms with Crippen LogP contribution >= 0.6 is 0 Å². The van der Waals surface area contributed by atoms with Gasteiger partial charge < -0.3 is 15.4 Å². The van der Waals surface area contributed by atoms with E-state index < -0.39 is 12.5 Å². The van der Waals surface area contributed by atoms with Crippen LogP contribution in [0.5, 0.6) is 0 Å². The van der Waals surface area contributed by atoms with Crippen molar-refractivity contribution in [1.29, 1.82) is 0 Å². The van der Waals surface area contributed by atoms with Gasteiger partial charge in [-0.3, -0.25) is 4.79 Å². The molecule has 0 aliphatic rings. The minimum Gasteiger partial charge on any atom is -0.423 e. The molecule has 0 aliphatic carbocycles. The Morgan fingerprint density at radius 3 is 2.18 bits per heavy atom. The molecule has 5 heteroatoms. The molecule has 3 N–H and O–H groups in total. The molecule has 17 heavy (non-hydrogen) atoms.